The van der Waals surface area contributed by atoms with E-state index in [9.17, 15) is 4.79 Å². The van der Waals surface area contributed by atoms with Gasteiger partial charge in [0.1, 0.15) is 0 Å². The molecule has 1 N–H and O–H groups in total. The maximum Gasteiger partial charge on any atom is 0.253 e. The van der Waals surface area contributed by atoms with Crippen LogP contribution in [-0.4, -0.2) is 73.4 Å². The summed E-state index contributed by atoms with van der Waals surface area (Å²) in [6, 6.07) is 11.4. The monoisotopic (exact) mass is 401 g/mol. The normalized spacial score (nSPS) is 15.0. The Kier molecular flexibility index (Phi) is 4.98. The molecule has 1 aliphatic rings. The molecule has 0 atom stereocenters. The predicted molar refractivity (Wildman–Crippen MR) is 114 cm³/mol. The quantitative estimate of drug-likeness (QED) is 0.554. The van der Waals surface area contributed by atoms with Crippen molar-refractivity contribution in [3.05, 3.63) is 72.3 Å². The molecule has 0 saturated carbocycles. The van der Waals surface area contributed by atoms with E-state index in [1.807, 2.05) is 59.9 Å². The van der Waals surface area contributed by atoms with Crippen molar-refractivity contribution in [2.45, 2.75) is 6.42 Å². The van der Waals surface area contributed by atoms with Crippen molar-refractivity contribution in [2.75, 3.05) is 32.7 Å². The van der Waals surface area contributed by atoms with Gasteiger partial charge in [-0.1, -0.05) is 23.4 Å². The molecule has 1 saturated heterocycles. The van der Waals surface area contributed by atoms with Crippen LogP contribution in [0.3, 0.4) is 0 Å². The smallest absolute Gasteiger partial charge is 0.253 e. The van der Waals surface area contributed by atoms with Crippen molar-refractivity contribution in [3.63, 3.8) is 0 Å². The topological polar surface area (TPSA) is 82.9 Å². The van der Waals surface area contributed by atoms with E-state index in [4.69, 9.17) is 0 Å². The van der Waals surface area contributed by atoms with Crippen molar-refractivity contribution < 1.29 is 4.79 Å². The molecule has 1 aromatic carbocycles. The highest BCUT2D eigenvalue weighted by atomic mass is 16.2. The van der Waals surface area contributed by atoms with Crippen LogP contribution in [0.4, 0.5) is 0 Å². The minimum Gasteiger partial charge on any atom is -0.358 e. The van der Waals surface area contributed by atoms with Crippen LogP contribution in [-0.2, 0) is 6.42 Å². The summed E-state index contributed by atoms with van der Waals surface area (Å²) in [5.74, 6) is 0.122. The van der Waals surface area contributed by atoms with E-state index in [0.29, 0.717) is 0 Å². The lowest BCUT2D eigenvalue weighted by molar-refractivity contribution is 0.0638. The maximum atomic E-state index is 12.6. The van der Waals surface area contributed by atoms with Crippen LogP contribution in [0.25, 0.3) is 16.7 Å². The molecule has 1 fully saturated rings. The van der Waals surface area contributed by atoms with E-state index in [1.165, 1.54) is 5.56 Å². The predicted octanol–water partition coefficient (Wildman–Crippen LogP) is 2.14. The Morgan fingerprint density at radius 2 is 1.87 bits per heavy atom. The van der Waals surface area contributed by atoms with Gasteiger partial charge in [-0.05, 0) is 30.2 Å². The molecule has 152 valence electrons. The molecular formula is C22H23N7O. The third kappa shape index (κ3) is 3.57. The Morgan fingerprint density at radius 3 is 2.63 bits per heavy atom. The number of benzene rings is 1. The Morgan fingerprint density at radius 1 is 1.03 bits per heavy atom. The lowest BCUT2D eigenvalue weighted by atomic mass is 10.1. The van der Waals surface area contributed by atoms with Gasteiger partial charge < -0.3 is 9.88 Å². The molecule has 4 heterocycles. The van der Waals surface area contributed by atoms with Gasteiger partial charge >= 0.3 is 0 Å². The standard InChI is InChI=1S/C22H23N7O/c30-22(17-4-2-1-3-5-17)28-14-12-27(13-15-28)10-7-18-16-24-21-19(6-8-23-20(18)21)29-11-9-25-26-29/h1-6,8-9,11,16,24H,7,10,12-15H2. The highest BCUT2D eigenvalue weighted by molar-refractivity contribution is 5.94. The number of hydrogen-bond acceptors (Lipinski definition) is 5. The van der Waals surface area contributed by atoms with E-state index < -0.39 is 0 Å². The fourth-order valence-corrected chi connectivity index (χ4v) is 4.00. The first-order chi connectivity index (χ1) is 14.8. The van der Waals surface area contributed by atoms with Gasteiger partial charge in [0.25, 0.3) is 5.91 Å². The van der Waals surface area contributed by atoms with E-state index in [0.717, 1.165) is 61.4 Å². The zero-order valence-corrected chi connectivity index (χ0v) is 16.6. The van der Waals surface area contributed by atoms with Crippen molar-refractivity contribution in [1.29, 1.82) is 0 Å². The molecule has 1 aliphatic heterocycles. The first-order valence-electron chi connectivity index (χ1n) is 10.2. The Bertz CT molecular complexity index is 1130. The number of amides is 1. The van der Waals surface area contributed by atoms with Gasteiger partial charge in [0.15, 0.2) is 0 Å². The molecule has 5 rings (SSSR count). The zero-order chi connectivity index (χ0) is 20.3. The zero-order valence-electron chi connectivity index (χ0n) is 16.6. The second kappa shape index (κ2) is 8.08. The third-order valence-electron chi connectivity index (χ3n) is 5.67. The summed E-state index contributed by atoms with van der Waals surface area (Å²) in [6.45, 7) is 4.24. The number of aromatic nitrogens is 5. The van der Waals surface area contributed by atoms with Crippen LogP contribution in [0.2, 0.25) is 0 Å². The van der Waals surface area contributed by atoms with Crippen LogP contribution in [0.15, 0.2) is 61.2 Å². The van der Waals surface area contributed by atoms with Gasteiger partial charge in [-0.3, -0.25) is 14.7 Å². The number of carbonyl (C=O) groups is 1. The lowest BCUT2D eigenvalue weighted by Crippen LogP contribution is -2.49. The SMILES string of the molecule is O=C(c1ccccc1)N1CCN(CCc2c[nH]c3c(-n4ccnn4)ccnc23)CC1. The van der Waals surface area contributed by atoms with Gasteiger partial charge in [-0.25, -0.2) is 4.68 Å². The number of H-pyrrole nitrogens is 1. The summed E-state index contributed by atoms with van der Waals surface area (Å²) >= 11 is 0. The number of pyridine rings is 1. The van der Waals surface area contributed by atoms with Gasteiger partial charge in [0.05, 0.1) is 29.1 Å². The van der Waals surface area contributed by atoms with Crippen molar-refractivity contribution in [3.8, 4) is 5.69 Å². The van der Waals surface area contributed by atoms with Crippen LogP contribution in [0.1, 0.15) is 15.9 Å². The molecule has 0 spiro atoms. The van der Waals surface area contributed by atoms with E-state index in [2.05, 4.69) is 25.2 Å². The van der Waals surface area contributed by atoms with E-state index >= 15 is 0 Å². The number of fused-ring (bicyclic) bond motifs is 1. The highest BCUT2D eigenvalue weighted by Gasteiger charge is 2.22. The largest absolute Gasteiger partial charge is 0.358 e. The average molecular weight is 401 g/mol. The fourth-order valence-electron chi connectivity index (χ4n) is 4.00. The van der Waals surface area contributed by atoms with Crippen molar-refractivity contribution in [2.24, 2.45) is 0 Å². The van der Waals surface area contributed by atoms with Crippen LogP contribution in [0, 0.1) is 0 Å². The number of aromatic amines is 1. The summed E-state index contributed by atoms with van der Waals surface area (Å²) < 4.78 is 1.74. The van der Waals surface area contributed by atoms with Gasteiger partial charge in [0.2, 0.25) is 0 Å². The Hall–Kier alpha value is -3.52. The van der Waals surface area contributed by atoms with Gasteiger partial charge in [-0.2, -0.15) is 0 Å². The molecule has 0 bridgehead atoms. The molecule has 4 aromatic rings. The van der Waals surface area contributed by atoms with Crippen LogP contribution >= 0.6 is 0 Å². The van der Waals surface area contributed by atoms with Crippen LogP contribution in [0.5, 0.6) is 0 Å². The Balaban J connectivity index is 1.21. The fraction of sp³-hybridized carbons (Fsp3) is 0.273. The minimum absolute atomic E-state index is 0.122. The van der Waals surface area contributed by atoms with Crippen LogP contribution < -0.4 is 0 Å². The highest BCUT2D eigenvalue weighted by Crippen LogP contribution is 2.22. The maximum absolute atomic E-state index is 12.6. The summed E-state index contributed by atoms with van der Waals surface area (Å²) in [4.78, 5) is 24.9. The second-order valence-electron chi connectivity index (χ2n) is 7.47. The summed E-state index contributed by atoms with van der Waals surface area (Å²) in [5, 5.41) is 7.98. The summed E-state index contributed by atoms with van der Waals surface area (Å²) in [7, 11) is 0. The third-order valence-corrected chi connectivity index (χ3v) is 5.67. The molecule has 1 amide bonds. The molecule has 0 unspecified atom stereocenters. The molecule has 8 nitrogen and oxygen atoms in total. The number of nitrogens with one attached hydrogen (secondary N) is 1. The van der Waals surface area contributed by atoms with Crippen molar-refractivity contribution in [1.82, 2.24) is 34.8 Å². The van der Waals surface area contributed by atoms with Crippen molar-refractivity contribution >= 4 is 16.9 Å². The lowest BCUT2D eigenvalue weighted by Gasteiger charge is -2.34. The number of nitrogens with zero attached hydrogens (tertiary/aromatic N) is 6. The van der Waals surface area contributed by atoms with Gasteiger partial charge in [0, 0.05) is 50.7 Å². The summed E-state index contributed by atoms with van der Waals surface area (Å²) in [6.07, 6.45) is 8.24. The number of hydrogen-bond donors (Lipinski definition) is 1. The molecule has 0 radical (unpaired) electrons. The average Bonchev–Trinajstić information content (AvgIpc) is 3.48. The van der Waals surface area contributed by atoms with E-state index in [-0.39, 0.29) is 5.91 Å². The Labute approximate surface area is 174 Å². The molecule has 3 aromatic heterocycles. The molecule has 30 heavy (non-hydrogen) atoms. The molecule has 8 heteroatoms. The second-order valence-corrected chi connectivity index (χ2v) is 7.47. The molecule has 0 aliphatic carbocycles. The number of piperazine rings is 1. The first-order valence-corrected chi connectivity index (χ1v) is 10.2. The van der Waals surface area contributed by atoms with Gasteiger partial charge in [-0.15, -0.1) is 5.10 Å². The summed E-state index contributed by atoms with van der Waals surface area (Å²) in [5.41, 5.74) is 4.84. The number of rotatable bonds is 5. The number of carbonyl (C=O) groups excluding carboxylic acids is 1. The first kappa shape index (κ1) is 18.5. The minimum atomic E-state index is 0.122. The van der Waals surface area contributed by atoms with E-state index in [1.54, 1.807) is 10.9 Å². The molecular weight excluding hydrogens is 378 g/mol.